The van der Waals surface area contributed by atoms with Gasteiger partial charge in [-0.2, -0.15) is 0 Å². The first-order valence-electron chi connectivity index (χ1n) is 6.14. The second-order valence-corrected chi connectivity index (χ2v) is 6.57. The van der Waals surface area contributed by atoms with Gasteiger partial charge in [0, 0.05) is 19.0 Å². The summed E-state index contributed by atoms with van der Waals surface area (Å²) in [5, 5.41) is 2.66. The molecule has 1 aliphatic rings. The van der Waals surface area contributed by atoms with E-state index in [0.717, 1.165) is 6.07 Å². The predicted octanol–water partition coefficient (Wildman–Crippen LogP) is 0.273. The molecule has 1 amide bonds. The quantitative estimate of drug-likeness (QED) is 0.695. The first-order chi connectivity index (χ1) is 9.29. The summed E-state index contributed by atoms with van der Waals surface area (Å²) in [6.45, 7) is 1.55. The zero-order valence-corrected chi connectivity index (χ0v) is 11.8. The number of carbonyl (C=O) groups is 1. The van der Waals surface area contributed by atoms with Gasteiger partial charge in [-0.15, -0.1) is 0 Å². The summed E-state index contributed by atoms with van der Waals surface area (Å²) in [6, 6.07) is 2.09. The van der Waals surface area contributed by atoms with Gasteiger partial charge in [0.2, 0.25) is 15.9 Å². The van der Waals surface area contributed by atoms with Gasteiger partial charge in [-0.25, -0.2) is 17.5 Å². The molecule has 2 rings (SSSR count). The summed E-state index contributed by atoms with van der Waals surface area (Å²) in [4.78, 5) is 10.9. The van der Waals surface area contributed by atoms with Gasteiger partial charge in [-0.05, 0) is 31.0 Å². The Morgan fingerprint density at radius 3 is 2.75 bits per heavy atom. The fraction of sp³-hybridized carbons (Fsp3) is 0.417. The molecule has 1 fully saturated rings. The Kier molecular flexibility index (Phi) is 3.96. The largest absolute Gasteiger partial charge is 0.396 e. The van der Waals surface area contributed by atoms with Crippen molar-refractivity contribution in [1.29, 1.82) is 0 Å². The zero-order chi connectivity index (χ0) is 14.9. The topological polar surface area (TPSA) is 101 Å². The highest BCUT2D eigenvalue weighted by Crippen LogP contribution is 2.20. The van der Waals surface area contributed by atoms with Crippen molar-refractivity contribution in [3.05, 3.63) is 23.5 Å². The number of anilines is 1. The number of hydrogen-bond donors (Lipinski definition) is 3. The SMILES string of the molecule is Cc1cc(S(=O)(=O)NCC2CCC(=O)N2)cc(N)c1F. The van der Waals surface area contributed by atoms with Crippen LogP contribution >= 0.6 is 0 Å². The molecule has 1 aromatic carbocycles. The molecule has 1 aliphatic heterocycles. The Morgan fingerprint density at radius 1 is 1.50 bits per heavy atom. The van der Waals surface area contributed by atoms with E-state index in [2.05, 4.69) is 10.0 Å². The van der Waals surface area contributed by atoms with Crippen molar-refractivity contribution in [1.82, 2.24) is 10.0 Å². The summed E-state index contributed by atoms with van der Waals surface area (Å²) in [5.74, 6) is -0.705. The lowest BCUT2D eigenvalue weighted by Gasteiger charge is -2.13. The summed E-state index contributed by atoms with van der Waals surface area (Å²) < 4.78 is 39.9. The van der Waals surface area contributed by atoms with Gasteiger partial charge < -0.3 is 11.1 Å². The molecule has 110 valence electrons. The van der Waals surface area contributed by atoms with Crippen LogP contribution in [-0.2, 0) is 14.8 Å². The molecule has 1 aromatic rings. The van der Waals surface area contributed by atoms with Crippen LogP contribution < -0.4 is 15.8 Å². The van der Waals surface area contributed by atoms with E-state index in [9.17, 15) is 17.6 Å². The number of aryl methyl sites for hydroxylation is 1. The van der Waals surface area contributed by atoms with Crippen LogP contribution in [-0.4, -0.2) is 26.9 Å². The second-order valence-electron chi connectivity index (χ2n) is 4.80. The van der Waals surface area contributed by atoms with Crippen molar-refractivity contribution >= 4 is 21.6 Å². The first kappa shape index (κ1) is 14.7. The van der Waals surface area contributed by atoms with Crippen molar-refractivity contribution in [3.8, 4) is 0 Å². The van der Waals surface area contributed by atoms with Gasteiger partial charge in [0.15, 0.2) is 0 Å². The molecule has 0 spiro atoms. The first-order valence-corrected chi connectivity index (χ1v) is 7.62. The van der Waals surface area contributed by atoms with E-state index >= 15 is 0 Å². The Bertz CT molecular complexity index is 622. The third kappa shape index (κ3) is 3.07. The number of hydrogen-bond acceptors (Lipinski definition) is 4. The molecule has 8 heteroatoms. The zero-order valence-electron chi connectivity index (χ0n) is 10.9. The standard InChI is InChI=1S/C12H16FN3O3S/c1-7-4-9(5-10(14)12(7)13)20(18,19)15-6-8-2-3-11(17)16-8/h4-5,8,15H,2-3,6,14H2,1H3,(H,16,17). The molecule has 0 aliphatic carbocycles. The molecule has 20 heavy (non-hydrogen) atoms. The average molecular weight is 301 g/mol. The minimum atomic E-state index is -3.77. The number of benzene rings is 1. The molecule has 0 bridgehead atoms. The summed E-state index contributed by atoms with van der Waals surface area (Å²) in [6.07, 6.45) is 0.987. The van der Waals surface area contributed by atoms with Crippen LogP contribution in [0.2, 0.25) is 0 Å². The summed E-state index contributed by atoms with van der Waals surface area (Å²) in [5.41, 5.74) is 5.39. The Hall–Kier alpha value is -1.67. The normalized spacial score (nSPS) is 19.1. The number of halogens is 1. The third-order valence-electron chi connectivity index (χ3n) is 3.17. The van der Waals surface area contributed by atoms with Crippen molar-refractivity contribution in [2.45, 2.75) is 30.7 Å². The van der Waals surface area contributed by atoms with E-state index in [1.165, 1.54) is 13.0 Å². The minimum absolute atomic E-state index is 0.0850. The lowest BCUT2D eigenvalue weighted by Crippen LogP contribution is -2.38. The molecule has 0 radical (unpaired) electrons. The summed E-state index contributed by atoms with van der Waals surface area (Å²) >= 11 is 0. The maximum Gasteiger partial charge on any atom is 0.240 e. The molecule has 1 saturated heterocycles. The van der Waals surface area contributed by atoms with Gasteiger partial charge in [-0.3, -0.25) is 4.79 Å². The smallest absolute Gasteiger partial charge is 0.240 e. The summed E-state index contributed by atoms with van der Waals surface area (Å²) in [7, 11) is -3.77. The number of nitrogens with two attached hydrogens (primary N) is 1. The van der Waals surface area contributed by atoms with E-state index in [-0.39, 0.29) is 34.6 Å². The molecule has 1 heterocycles. The van der Waals surface area contributed by atoms with E-state index < -0.39 is 15.8 Å². The van der Waals surface area contributed by atoms with Crippen LogP contribution in [0.4, 0.5) is 10.1 Å². The minimum Gasteiger partial charge on any atom is -0.396 e. The van der Waals surface area contributed by atoms with Crippen LogP contribution in [0.25, 0.3) is 0 Å². The molecule has 0 saturated carbocycles. The number of nitrogen functional groups attached to an aromatic ring is 1. The molecule has 6 nitrogen and oxygen atoms in total. The van der Waals surface area contributed by atoms with Crippen molar-refractivity contribution < 1.29 is 17.6 Å². The predicted molar refractivity (Wildman–Crippen MR) is 71.9 cm³/mol. The lowest BCUT2D eigenvalue weighted by molar-refractivity contribution is -0.119. The van der Waals surface area contributed by atoms with Gasteiger partial charge >= 0.3 is 0 Å². The molecular formula is C12H16FN3O3S. The highest BCUT2D eigenvalue weighted by molar-refractivity contribution is 7.89. The third-order valence-corrected chi connectivity index (χ3v) is 4.57. The van der Waals surface area contributed by atoms with Gasteiger partial charge in [0.05, 0.1) is 10.6 Å². The van der Waals surface area contributed by atoms with Gasteiger partial charge in [0.25, 0.3) is 0 Å². The molecule has 4 N–H and O–H groups in total. The van der Waals surface area contributed by atoms with E-state index in [1.54, 1.807) is 0 Å². The molecule has 1 atom stereocenters. The van der Waals surface area contributed by atoms with E-state index in [1.807, 2.05) is 0 Å². The second kappa shape index (κ2) is 5.37. The van der Waals surface area contributed by atoms with Gasteiger partial charge in [-0.1, -0.05) is 0 Å². The fourth-order valence-corrected chi connectivity index (χ4v) is 3.24. The Balaban J connectivity index is 2.12. The highest BCUT2D eigenvalue weighted by Gasteiger charge is 2.24. The number of sulfonamides is 1. The van der Waals surface area contributed by atoms with Crippen LogP contribution in [0.15, 0.2) is 17.0 Å². The van der Waals surface area contributed by atoms with Crippen LogP contribution in [0.3, 0.4) is 0 Å². The van der Waals surface area contributed by atoms with Crippen molar-refractivity contribution in [2.75, 3.05) is 12.3 Å². The number of rotatable bonds is 4. The maximum absolute atomic E-state index is 13.4. The number of amides is 1. The Morgan fingerprint density at radius 2 is 2.20 bits per heavy atom. The van der Waals surface area contributed by atoms with E-state index in [0.29, 0.717) is 12.8 Å². The average Bonchev–Trinajstić information content (AvgIpc) is 2.79. The number of nitrogens with one attached hydrogen (secondary N) is 2. The monoisotopic (exact) mass is 301 g/mol. The van der Waals surface area contributed by atoms with Crippen molar-refractivity contribution in [2.24, 2.45) is 0 Å². The van der Waals surface area contributed by atoms with Crippen LogP contribution in [0.1, 0.15) is 18.4 Å². The Labute approximate surface area is 116 Å². The number of carbonyl (C=O) groups excluding carboxylic acids is 1. The molecule has 1 unspecified atom stereocenters. The molecular weight excluding hydrogens is 285 g/mol. The molecule has 0 aromatic heterocycles. The van der Waals surface area contributed by atoms with Crippen LogP contribution in [0, 0.1) is 12.7 Å². The maximum atomic E-state index is 13.4. The van der Waals surface area contributed by atoms with Crippen molar-refractivity contribution in [3.63, 3.8) is 0 Å². The highest BCUT2D eigenvalue weighted by atomic mass is 32.2. The fourth-order valence-electron chi connectivity index (χ4n) is 2.04. The van der Waals surface area contributed by atoms with Gasteiger partial charge in [0.1, 0.15) is 5.82 Å². The van der Waals surface area contributed by atoms with Crippen LogP contribution in [0.5, 0.6) is 0 Å². The van der Waals surface area contributed by atoms with E-state index in [4.69, 9.17) is 5.73 Å². The lowest BCUT2D eigenvalue weighted by atomic mass is 10.2.